The average Bonchev–Trinajstić information content (AvgIpc) is 3.82. The molecule has 0 nitrogen and oxygen atoms in total. The van der Waals surface area contributed by atoms with Gasteiger partial charge in [0.05, 0.1) is 10.8 Å². The van der Waals surface area contributed by atoms with Gasteiger partial charge in [-0.3, -0.25) is 0 Å². The van der Waals surface area contributed by atoms with Gasteiger partial charge in [-0.25, -0.2) is 0 Å². The van der Waals surface area contributed by atoms with E-state index in [1.807, 2.05) is 0 Å². The topological polar surface area (TPSA) is 0 Å². The minimum absolute atomic E-state index is 0.0291. The monoisotopic (exact) mass is 836 g/mol. The average molecular weight is 837 g/mol. The van der Waals surface area contributed by atoms with Crippen LogP contribution < -0.4 is 0 Å². The largest absolute Gasteiger partial charge is 0.0713 e. The van der Waals surface area contributed by atoms with Crippen LogP contribution >= 0.6 is 0 Å². The van der Waals surface area contributed by atoms with Gasteiger partial charge in [-0.1, -0.05) is 253 Å². The van der Waals surface area contributed by atoms with E-state index in [1.54, 1.807) is 0 Å². The molecule has 2 aliphatic rings. The van der Waals surface area contributed by atoms with Crippen LogP contribution in [0.15, 0.2) is 218 Å². The van der Waals surface area contributed by atoms with Crippen molar-refractivity contribution in [3.05, 3.63) is 296 Å². The first kappa shape index (κ1) is 40.7. The minimum Gasteiger partial charge on any atom is -0.0622 e. The highest BCUT2D eigenvalue weighted by molar-refractivity contribution is 5.88. The zero-order valence-corrected chi connectivity index (χ0v) is 38.3. The fraction of sp³-hybridized carbons (Fsp3) is 0.169. The first-order valence-corrected chi connectivity index (χ1v) is 23.7. The Labute approximate surface area is 386 Å². The molecular weight excluding hydrogens is 781 g/mol. The lowest BCUT2D eigenvalue weighted by molar-refractivity contribution is 0.589. The lowest BCUT2D eigenvalue weighted by Crippen LogP contribution is -2.29. The molecule has 9 aromatic carbocycles. The summed E-state index contributed by atoms with van der Waals surface area (Å²) in [4.78, 5) is 0. The van der Waals surface area contributed by atoms with E-state index in [0.29, 0.717) is 0 Å². The number of aryl methyl sites for hydroxylation is 2. The van der Waals surface area contributed by atoms with Gasteiger partial charge in [0.15, 0.2) is 0 Å². The van der Waals surface area contributed by atoms with E-state index in [0.717, 1.165) is 12.8 Å². The molecule has 0 saturated heterocycles. The lowest BCUT2D eigenvalue weighted by atomic mass is 9.66. The molecule has 0 fully saturated rings. The highest BCUT2D eigenvalue weighted by Crippen LogP contribution is 2.59. The predicted molar refractivity (Wildman–Crippen MR) is 272 cm³/mol. The first-order chi connectivity index (χ1) is 31.8. The molecular formula is C65H56. The van der Waals surface area contributed by atoms with Crippen LogP contribution in [0.2, 0.25) is 0 Å². The minimum atomic E-state index is -0.509. The van der Waals surface area contributed by atoms with Crippen molar-refractivity contribution in [3.63, 3.8) is 0 Å². The van der Waals surface area contributed by atoms with Gasteiger partial charge in [-0.2, -0.15) is 0 Å². The summed E-state index contributed by atoms with van der Waals surface area (Å²) in [6.07, 6.45) is 2.02. The summed E-state index contributed by atoms with van der Waals surface area (Å²) in [6, 6.07) is 84.0. The molecule has 0 bridgehead atoms. The van der Waals surface area contributed by atoms with Crippen molar-refractivity contribution in [1.29, 1.82) is 0 Å². The molecule has 0 spiro atoms. The van der Waals surface area contributed by atoms with Crippen LogP contribution in [0.5, 0.6) is 0 Å². The summed E-state index contributed by atoms with van der Waals surface area (Å²) < 4.78 is 0. The third-order valence-corrected chi connectivity index (χ3v) is 14.9. The van der Waals surface area contributed by atoms with E-state index in [2.05, 4.69) is 253 Å². The third kappa shape index (κ3) is 6.33. The van der Waals surface area contributed by atoms with Crippen LogP contribution in [0, 0.1) is 0 Å². The molecule has 9 aromatic rings. The number of fused-ring (bicyclic) bond motifs is 6. The molecule has 0 heterocycles. The molecule has 2 aliphatic carbocycles. The molecule has 65 heavy (non-hydrogen) atoms. The van der Waals surface area contributed by atoms with E-state index in [4.69, 9.17) is 0 Å². The Morgan fingerprint density at radius 3 is 1.14 bits per heavy atom. The smallest absolute Gasteiger partial charge is 0.0622 e. The van der Waals surface area contributed by atoms with E-state index in [-0.39, 0.29) is 11.3 Å². The highest BCUT2D eigenvalue weighted by atomic mass is 14.5. The molecule has 0 aromatic heterocycles. The fourth-order valence-electron chi connectivity index (χ4n) is 11.6. The van der Waals surface area contributed by atoms with Gasteiger partial charge in [0, 0.05) is 5.92 Å². The summed E-state index contributed by atoms with van der Waals surface area (Å²) >= 11 is 0. The van der Waals surface area contributed by atoms with E-state index < -0.39 is 10.8 Å². The van der Waals surface area contributed by atoms with Gasteiger partial charge in [-0.15, -0.1) is 0 Å². The lowest BCUT2D eigenvalue weighted by Gasteiger charge is -2.35. The van der Waals surface area contributed by atoms with Gasteiger partial charge in [0.1, 0.15) is 0 Å². The molecule has 2 atom stereocenters. The van der Waals surface area contributed by atoms with Crippen molar-refractivity contribution in [2.45, 2.75) is 69.6 Å². The van der Waals surface area contributed by atoms with Gasteiger partial charge in [-0.05, 0) is 118 Å². The second kappa shape index (κ2) is 15.9. The summed E-state index contributed by atoms with van der Waals surface area (Å²) in [7, 11) is 0. The maximum atomic E-state index is 2.58. The standard InChI is InChI=1S/C65H56/c1-6-44-26-32-51(33-27-44)65(52-34-28-45(7-2)29-35-52)59-25-17-15-23-55(59)57-41-31-48(43-61(57)65)62(46-18-10-8-11-19-46)47-30-40-56-54-22-14-16-24-58(54)64(60(56)42-47,50-20-12-9-13-21-50)53-38-36-49(37-39-53)63(3,4)5/h8-43,62H,6-7H2,1-5H3. The van der Waals surface area contributed by atoms with Crippen molar-refractivity contribution in [2.24, 2.45) is 0 Å². The molecule has 0 heteroatoms. The number of hydrogen-bond acceptors (Lipinski definition) is 0. The van der Waals surface area contributed by atoms with Crippen molar-refractivity contribution in [3.8, 4) is 22.3 Å². The molecule has 316 valence electrons. The van der Waals surface area contributed by atoms with E-state index in [1.165, 1.54) is 100 Å². The highest BCUT2D eigenvalue weighted by Gasteiger charge is 2.48. The molecule has 0 aliphatic heterocycles. The molecule has 2 unspecified atom stereocenters. The second-order valence-corrected chi connectivity index (χ2v) is 19.3. The van der Waals surface area contributed by atoms with Crippen LogP contribution in [0.3, 0.4) is 0 Å². The Kier molecular flexibility index (Phi) is 9.96. The first-order valence-electron chi connectivity index (χ1n) is 23.7. The third-order valence-electron chi connectivity index (χ3n) is 14.9. The Bertz CT molecular complexity index is 3120. The number of hydrogen-bond donors (Lipinski definition) is 0. The normalized spacial score (nSPS) is 16.0. The molecule has 0 saturated carbocycles. The van der Waals surface area contributed by atoms with Gasteiger partial charge >= 0.3 is 0 Å². The van der Waals surface area contributed by atoms with Gasteiger partial charge < -0.3 is 0 Å². The van der Waals surface area contributed by atoms with Crippen molar-refractivity contribution in [2.75, 3.05) is 0 Å². The molecule has 0 amide bonds. The number of rotatable bonds is 9. The Balaban J connectivity index is 1.17. The SMILES string of the molecule is CCc1ccc(C2(c3ccc(CC)cc3)c3ccccc3-c3ccc(C(c4ccccc4)c4ccc5c(c4)C(c4ccccc4)(c4ccc(C(C)(C)C)cc4)c4ccccc4-5)cc32)cc1. The van der Waals surface area contributed by atoms with E-state index in [9.17, 15) is 0 Å². The zero-order valence-electron chi connectivity index (χ0n) is 38.3. The maximum Gasteiger partial charge on any atom is 0.0713 e. The number of benzene rings is 9. The maximum absolute atomic E-state index is 2.58. The molecule has 0 radical (unpaired) electrons. The summed E-state index contributed by atoms with van der Waals surface area (Å²) in [5.74, 6) is -0.0291. The molecule has 0 N–H and O–H groups in total. The quantitative estimate of drug-likeness (QED) is 0.127. The van der Waals surface area contributed by atoms with E-state index >= 15 is 0 Å². The van der Waals surface area contributed by atoms with Crippen molar-refractivity contribution in [1.82, 2.24) is 0 Å². The summed E-state index contributed by atoms with van der Waals surface area (Å²) in [6.45, 7) is 11.4. The van der Waals surface area contributed by atoms with Gasteiger partial charge in [0.25, 0.3) is 0 Å². The van der Waals surface area contributed by atoms with Crippen molar-refractivity contribution >= 4 is 0 Å². The van der Waals surface area contributed by atoms with Crippen molar-refractivity contribution < 1.29 is 0 Å². The molecule has 11 rings (SSSR count). The van der Waals surface area contributed by atoms with Gasteiger partial charge in [0.2, 0.25) is 0 Å². The summed E-state index contributed by atoms with van der Waals surface area (Å²) in [5.41, 5.74) is 22.7. The van der Waals surface area contributed by atoms with Crippen LogP contribution in [0.1, 0.15) is 118 Å². The Morgan fingerprint density at radius 1 is 0.338 bits per heavy atom. The fourth-order valence-corrected chi connectivity index (χ4v) is 11.6. The van der Waals surface area contributed by atoms with Crippen LogP contribution in [-0.2, 0) is 29.1 Å². The Hall–Kier alpha value is -7.02. The summed E-state index contributed by atoms with van der Waals surface area (Å²) in [5, 5.41) is 0. The predicted octanol–water partition coefficient (Wildman–Crippen LogP) is 16.0. The van der Waals surface area contributed by atoms with Crippen LogP contribution in [0.25, 0.3) is 22.3 Å². The van der Waals surface area contributed by atoms with Crippen LogP contribution in [0.4, 0.5) is 0 Å². The second-order valence-electron chi connectivity index (χ2n) is 19.3. The van der Waals surface area contributed by atoms with Crippen LogP contribution in [-0.4, -0.2) is 0 Å². The Morgan fingerprint density at radius 2 is 0.708 bits per heavy atom. The zero-order chi connectivity index (χ0) is 44.3.